The summed E-state index contributed by atoms with van der Waals surface area (Å²) in [4.78, 5) is 0. The van der Waals surface area contributed by atoms with Crippen molar-refractivity contribution in [3.8, 4) is 0 Å². The van der Waals surface area contributed by atoms with E-state index in [1.165, 1.54) is 47.2 Å². The fraction of sp³-hybridized carbons (Fsp3) is 0.474. The number of allylic oxidation sites excluding steroid dienone is 4. The number of benzene rings is 1. The molecule has 0 radical (unpaired) electrons. The van der Waals surface area contributed by atoms with E-state index in [4.69, 9.17) is 0 Å². The van der Waals surface area contributed by atoms with Crippen LogP contribution in [0.15, 0.2) is 41.5 Å². The Bertz CT molecular complexity index is 566. The minimum Gasteiger partial charge on any atom is -1.00 e. The largest absolute Gasteiger partial charge is 1.00 e. The topological polar surface area (TPSA) is 3.24 Å². The molecule has 1 aromatic carbocycles. The van der Waals surface area contributed by atoms with Gasteiger partial charge in [0.25, 0.3) is 0 Å². The van der Waals surface area contributed by atoms with Crippen LogP contribution in [0.1, 0.15) is 64.1 Å². The molecule has 0 aromatic heterocycles. The molecule has 0 N–H and O–H groups in total. The van der Waals surface area contributed by atoms with Crippen molar-refractivity contribution in [1.29, 1.82) is 0 Å². The maximum Gasteiger partial charge on any atom is -1.00 e. The molecule has 0 saturated heterocycles. The Morgan fingerprint density at radius 2 is 1.83 bits per heavy atom. The summed E-state index contributed by atoms with van der Waals surface area (Å²) in [5, 5.41) is 0. The first-order valence-corrected chi connectivity index (χ1v) is 8.70. The zero-order chi connectivity index (χ0) is 15.4. The number of hydrogen-bond acceptors (Lipinski definition) is 1. The first-order chi connectivity index (χ1) is 10.1. The van der Waals surface area contributed by atoms with Crippen LogP contribution in [0.5, 0.6) is 0 Å². The molecule has 0 aliphatic heterocycles. The van der Waals surface area contributed by atoms with Crippen LogP contribution < -0.4 is 24.8 Å². The first kappa shape index (κ1) is 23.0. The van der Waals surface area contributed by atoms with E-state index in [1.807, 2.05) is 0 Å². The van der Waals surface area contributed by atoms with E-state index < -0.39 is 0 Å². The average molecular weight is 387 g/mol. The molecule has 1 aliphatic rings. The second-order valence-electron chi connectivity index (χ2n) is 6.00. The zero-order valence-corrected chi connectivity index (χ0v) is 17.6. The molecule has 1 unspecified atom stereocenters. The minimum absolute atomic E-state index is 0. The van der Waals surface area contributed by atoms with E-state index in [9.17, 15) is 0 Å². The molecule has 2 rings (SSSR count). The number of hydrogen-bond donors (Lipinski definition) is 0. The van der Waals surface area contributed by atoms with Gasteiger partial charge in [0.2, 0.25) is 0 Å². The molecule has 1 atom stereocenters. The Hall–Kier alpha value is -0.0457. The van der Waals surface area contributed by atoms with Crippen LogP contribution in [0.25, 0.3) is 5.57 Å². The summed E-state index contributed by atoms with van der Waals surface area (Å²) in [5.74, 6) is 0. The van der Waals surface area contributed by atoms with Crippen molar-refractivity contribution in [2.45, 2.75) is 53.0 Å². The van der Waals surface area contributed by atoms with Crippen LogP contribution in [0.2, 0.25) is 0 Å². The van der Waals surface area contributed by atoms with E-state index in [2.05, 4.69) is 82.1 Å². The molecule has 23 heavy (non-hydrogen) atoms. The third kappa shape index (κ3) is 5.48. The van der Waals surface area contributed by atoms with Gasteiger partial charge in [-0.25, -0.2) is 0 Å². The Morgan fingerprint density at radius 1 is 1.17 bits per heavy atom. The van der Waals surface area contributed by atoms with Crippen molar-refractivity contribution in [3.63, 3.8) is 0 Å². The van der Waals surface area contributed by atoms with Crippen LogP contribution in [-0.4, -0.2) is 9.93 Å². The van der Waals surface area contributed by atoms with Crippen molar-refractivity contribution in [1.82, 2.24) is 3.38 Å². The maximum absolute atomic E-state index is 2.48. The van der Waals surface area contributed by atoms with Gasteiger partial charge in [-0.1, -0.05) is 0 Å². The third-order valence-electron chi connectivity index (χ3n) is 4.61. The molecule has 0 saturated carbocycles. The van der Waals surface area contributed by atoms with Gasteiger partial charge in [-0.3, -0.25) is 0 Å². The summed E-state index contributed by atoms with van der Waals surface area (Å²) in [6, 6.07) is 9.41. The SMILES string of the molecule is CCCC[N]([Ti+2])C(C)c1ccccc1C1=C(C)C(C)=CC1.[Cl-].[Cl-]. The number of halogens is 2. The maximum atomic E-state index is 2.48. The van der Waals surface area contributed by atoms with Gasteiger partial charge in [-0.15, -0.1) is 0 Å². The number of unbranched alkanes of at least 4 members (excludes halogenated alkanes) is 1. The van der Waals surface area contributed by atoms with Crippen LogP contribution >= 0.6 is 0 Å². The van der Waals surface area contributed by atoms with Gasteiger partial charge in [0, 0.05) is 0 Å². The molecule has 4 heteroatoms. The molecule has 0 fully saturated rings. The van der Waals surface area contributed by atoms with Crippen molar-refractivity contribution >= 4 is 5.57 Å². The standard InChI is InChI=1S/C19H26N.2ClH.Ti/c1-5-6-13-20-16(4)18-9-7-8-10-19(18)17-12-11-14(2)15(17)3;;;/h7-11,16H,5-6,12-13H2,1-4H3;2*1H;/q-1;;;+3/p-2. The smallest absolute Gasteiger partial charge is 1.00 e. The second-order valence-corrected chi connectivity index (χ2v) is 6.90. The van der Waals surface area contributed by atoms with Crippen LogP contribution in [0.4, 0.5) is 0 Å². The van der Waals surface area contributed by atoms with E-state index in [1.54, 1.807) is 0 Å². The number of nitrogens with zero attached hydrogens (tertiary/aromatic N) is 1. The van der Waals surface area contributed by atoms with Gasteiger partial charge >= 0.3 is 142 Å². The van der Waals surface area contributed by atoms with Crippen LogP contribution in [0, 0.1) is 0 Å². The summed E-state index contributed by atoms with van der Waals surface area (Å²) in [5.41, 5.74) is 7.32. The molecule has 0 spiro atoms. The average Bonchev–Trinajstić information content (AvgIpc) is 2.83. The van der Waals surface area contributed by atoms with Crippen molar-refractivity contribution in [2.75, 3.05) is 6.54 Å². The Morgan fingerprint density at radius 3 is 2.39 bits per heavy atom. The van der Waals surface area contributed by atoms with Gasteiger partial charge in [0.05, 0.1) is 0 Å². The molecular formula is C19H26Cl2NTi. The monoisotopic (exact) mass is 386 g/mol. The summed E-state index contributed by atoms with van der Waals surface area (Å²) in [6.45, 7) is 10.2. The fourth-order valence-corrected chi connectivity index (χ4v) is 3.40. The molecule has 1 nitrogen and oxygen atoms in total. The summed E-state index contributed by atoms with van der Waals surface area (Å²) < 4.78 is 2.48. The molecule has 1 aliphatic carbocycles. The third-order valence-corrected chi connectivity index (χ3v) is 5.57. The minimum atomic E-state index is 0. The second kappa shape index (κ2) is 10.7. The molecule has 0 heterocycles. The van der Waals surface area contributed by atoms with Crippen LogP contribution in [0.3, 0.4) is 0 Å². The quantitative estimate of drug-likeness (QED) is 0.592. The van der Waals surface area contributed by atoms with E-state index in [0.717, 1.165) is 6.42 Å². The summed E-state index contributed by atoms with van der Waals surface area (Å²) >= 11 is 2.25. The van der Waals surface area contributed by atoms with Crippen molar-refractivity contribution in [3.05, 3.63) is 52.6 Å². The zero-order valence-electron chi connectivity index (χ0n) is 14.5. The van der Waals surface area contributed by atoms with Gasteiger partial charge in [-0.2, -0.15) is 0 Å². The van der Waals surface area contributed by atoms with Gasteiger partial charge < -0.3 is 24.8 Å². The first-order valence-electron chi connectivity index (χ1n) is 8.00. The fourth-order valence-electron chi connectivity index (χ4n) is 2.94. The Balaban J connectivity index is 0.00000242. The normalized spacial score (nSPS) is 15.2. The number of rotatable bonds is 6. The van der Waals surface area contributed by atoms with E-state index >= 15 is 0 Å². The van der Waals surface area contributed by atoms with Crippen molar-refractivity contribution in [2.24, 2.45) is 0 Å². The summed E-state index contributed by atoms with van der Waals surface area (Å²) in [6.07, 6.45) is 5.96. The molecule has 1 aromatic rings. The van der Waals surface area contributed by atoms with Crippen LogP contribution in [-0.2, 0) is 20.7 Å². The Kier molecular flexibility index (Phi) is 10.7. The Labute approximate surface area is 166 Å². The summed E-state index contributed by atoms with van der Waals surface area (Å²) in [7, 11) is 0. The van der Waals surface area contributed by atoms with Crippen molar-refractivity contribution < 1.29 is 45.5 Å². The predicted molar refractivity (Wildman–Crippen MR) is 87.4 cm³/mol. The molecule has 125 valence electrons. The van der Waals surface area contributed by atoms with E-state index in [-0.39, 0.29) is 24.8 Å². The predicted octanol–water partition coefficient (Wildman–Crippen LogP) is -0.557. The molecular weight excluding hydrogens is 361 g/mol. The van der Waals surface area contributed by atoms with Gasteiger partial charge in [0.15, 0.2) is 0 Å². The molecule has 0 bridgehead atoms. The van der Waals surface area contributed by atoms with E-state index in [0.29, 0.717) is 6.04 Å². The molecule has 0 amide bonds. The van der Waals surface area contributed by atoms with Gasteiger partial charge in [0.1, 0.15) is 0 Å². The van der Waals surface area contributed by atoms with Gasteiger partial charge in [-0.05, 0) is 0 Å².